The minimum absolute atomic E-state index is 0.478. The average molecular weight is 145 g/mol. The molecule has 0 saturated heterocycles. The van der Waals surface area contributed by atoms with Crippen LogP contribution in [-0.2, 0) is 9.63 Å². The zero-order valence-electron chi connectivity index (χ0n) is 6.67. The average Bonchev–Trinajstić information content (AvgIpc) is 1.90. The van der Waals surface area contributed by atoms with Crippen molar-refractivity contribution in [1.29, 1.82) is 0 Å². The number of carbonyl (C=O) groups is 1. The van der Waals surface area contributed by atoms with E-state index in [2.05, 4.69) is 18.7 Å². The highest BCUT2D eigenvalue weighted by molar-refractivity contribution is 5.36. The summed E-state index contributed by atoms with van der Waals surface area (Å²) in [5.74, 6) is 0. The Bertz CT molecular complexity index is 79.7. The van der Waals surface area contributed by atoms with Crippen LogP contribution in [0.15, 0.2) is 0 Å². The molecule has 0 aromatic carbocycles. The van der Waals surface area contributed by atoms with E-state index in [1.807, 2.05) is 0 Å². The van der Waals surface area contributed by atoms with Gasteiger partial charge < -0.3 is 4.84 Å². The van der Waals surface area contributed by atoms with Gasteiger partial charge in [0, 0.05) is 13.1 Å². The third-order valence-electron chi connectivity index (χ3n) is 1.14. The van der Waals surface area contributed by atoms with Gasteiger partial charge in [0.1, 0.15) is 0 Å². The summed E-state index contributed by atoms with van der Waals surface area (Å²) in [6, 6.07) is 0. The molecule has 0 bridgehead atoms. The Morgan fingerprint density at radius 3 is 2.10 bits per heavy atom. The van der Waals surface area contributed by atoms with Crippen molar-refractivity contribution < 1.29 is 9.63 Å². The lowest BCUT2D eigenvalue weighted by molar-refractivity contribution is -0.173. The summed E-state index contributed by atoms with van der Waals surface area (Å²) >= 11 is 0. The van der Waals surface area contributed by atoms with Crippen molar-refractivity contribution >= 4 is 6.47 Å². The number of hydrogen-bond acceptors (Lipinski definition) is 3. The largest absolute Gasteiger partial charge is 0.371 e. The molecule has 0 spiro atoms. The summed E-state index contributed by atoms with van der Waals surface area (Å²) < 4.78 is 0. The summed E-state index contributed by atoms with van der Waals surface area (Å²) in [4.78, 5) is 14.6. The van der Waals surface area contributed by atoms with Crippen LogP contribution in [0.5, 0.6) is 0 Å². The van der Waals surface area contributed by atoms with E-state index in [0.29, 0.717) is 6.47 Å². The van der Waals surface area contributed by atoms with Crippen LogP contribution in [0.1, 0.15) is 26.7 Å². The van der Waals surface area contributed by atoms with Crippen molar-refractivity contribution in [3.63, 3.8) is 0 Å². The van der Waals surface area contributed by atoms with Gasteiger partial charge in [-0.2, -0.15) is 0 Å². The van der Waals surface area contributed by atoms with Gasteiger partial charge in [-0.15, -0.1) is 5.06 Å². The van der Waals surface area contributed by atoms with E-state index in [1.165, 1.54) is 0 Å². The zero-order chi connectivity index (χ0) is 7.82. The number of hydrogen-bond donors (Lipinski definition) is 0. The number of nitrogens with zero attached hydrogens (tertiary/aromatic N) is 1. The lowest BCUT2D eigenvalue weighted by Gasteiger charge is -2.16. The molecule has 0 N–H and O–H groups in total. The predicted octanol–water partition coefficient (Wildman–Crippen LogP) is 1.20. The molecule has 0 aromatic heterocycles. The van der Waals surface area contributed by atoms with E-state index >= 15 is 0 Å². The van der Waals surface area contributed by atoms with Crippen molar-refractivity contribution in [3.8, 4) is 0 Å². The van der Waals surface area contributed by atoms with Crippen molar-refractivity contribution in [2.75, 3.05) is 13.1 Å². The van der Waals surface area contributed by atoms with Gasteiger partial charge in [0.2, 0.25) is 0 Å². The van der Waals surface area contributed by atoms with Crippen LogP contribution in [0, 0.1) is 0 Å². The first-order valence-corrected chi connectivity index (χ1v) is 3.70. The summed E-state index contributed by atoms with van der Waals surface area (Å²) in [5, 5.41) is 1.67. The Kier molecular flexibility index (Phi) is 6.18. The molecule has 10 heavy (non-hydrogen) atoms. The molecule has 0 fully saturated rings. The summed E-state index contributed by atoms with van der Waals surface area (Å²) in [7, 11) is 0. The molecule has 60 valence electrons. The molecule has 0 aliphatic rings. The van der Waals surface area contributed by atoms with Crippen LogP contribution >= 0.6 is 0 Å². The molecule has 0 aliphatic heterocycles. The Balaban J connectivity index is 3.38. The normalized spacial score (nSPS) is 9.90. The third kappa shape index (κ3) is 4.32. The van der Waals surface area contributed by atoms with Crippen LogP contribution in [-0.4, -0.2) is 24.6 Å². The minimum Gasteiger partial charge on any atom is -0.371 e. The maximum absolute atomic E-state index is 9.90. The first-order valence-electron chi connectivity index (χ1n) is 3.70. The summed E-state index contributed by atoms with van der Waals surface area (Å²) in [5.41, 5.74) is 0. The minimum atomic E-state index is 0.478. The SMILES string of the molecule is CCCN(CCC)OC=O. The number of hydroxylamine groups is 2. The zero-order valence-corrected chi connectivity index (χ0v) is 6.67. The van der Waals surface area contributed by atoms with Gasteiger partial charge in [0.15, 0.2) is 0 Å². The van der Waals surface area contributed by atoms with Crippen LogP contribution in [0.4, 0.5) is 0 Å². The molecule has 0 atom stereocenters. The van der Waals surface area contributed by atoms with E-state index in [1.54, 1.807) is 5.06 Å². The Hall–Kier alpha value is -0.570. The summed E-state index contributed by atoms with van der Waals surface area (Å²) in [6.45, 7) is 6.23. The molecule has 0 saturated carbocycles. The first-order chi connectivity index (χ1) is 4.85. The van der Waals surface area contributed by atoms with Gasteiger partial charge in [-0.05, 0) is 12.8 Å². The first kappa shape index (κ1) is 9.43. The number of rotatable bonds is 6. The van der Waals surface area contributed by atoms with Crippen LogP contribution in [0.25, 0.3) is 0 Å². The standard InChI is InChI=1S/C7H15NO2/c1-3-5-8(6-4-2)10-7-9/h7H,3-6H2,1-2H3. The Labute approximate surface area is 61.9 Å². The Morgan fingerprint density at radius 1 is 1.30 bits per heavy atom. The molecule has 0 amide bonds. The highest BCUT2D eigenvalue weighted by atomic mass is 16.7. The van der Waals surface area contributed by atoms with Gasteiger partial charge in [-0.25, -0.2) is 0 Å². The van der Waals surface area contributed by atoms with Gasteiger partial charge in [-0.3, -0.25) is 4.79 Å². The molecular formula is C7H15NO2. The van der Waals surface area contributed by atoms with Crippen LogP contribution in [0.2, 0.25) is 0 Å². The molecule has 0 unspecified atom stereocenters. The van der Waals surface area contributed by atoms with Gasteiger partial charge in [0.05, 0.1) is 0 Å². The fraction of sp³-hybridized carbons (Fsp3) is 0.857. The lowest BCUT2D eigenvalue weighted by atomic mass is 10.4. The van der Waals surface area contributed by atoms with Crippen molar-refractivity contribution in [3.05, 3.63) is 0 Å². The lowest BCUT2D eigenvalue weighted by Crippen LogP contribution is -2.25. The van der Waals surface area contributed by atoms with Crippen molar-refractivity contribution in [2.45, 2.75) is 26.7 Å². The monoisotopic (exact) mass is 145 g/mol. The van der Waals surface area contributed by atoms with Crippen LogP contribution in [0.3, 0.4) is 0 Å². The van der Waals surface area contributed by atoms with E-state index < -0.39 is 0 Å². The highest BCUT2D eigenvalue weighted by Gasteiger charge is 1.99. The fourth-order valence-corrected chi connectivity index (χ4v) is 0.777. The summed E-state index contributed by atoms with van der Waals surface area (Å²) in [6.07, 6.45) is 2.02. The fourth-order valence-electron chi connectivity index (χ4n) is 0.777. The van der Waals surface area contributed by atoms with E-state index in [4.69, 9.17) is 0 Å². The van der Waals surface area contributed by atoms with Crippen molar-refractivity contribution in [2.24, 2.45) is 0 Å². The second kappa shape index (κ2) is 6.55. The van der Waals surface area contributed by atoms with Gasteiger partial charge >= 0.3 is 6.47 Å². The van der Waals surface area contributed by atoms with Crippen LogP contribution < -0.4 is 0 Å². The molecule has 3 heteroatoms. The van der Waals surface area contributed by atoms with E-state index in [-0.39, 0.29) is 0 Å². The third-order valence-corrected chi connectivity index (χ3v) is 1.14. The molecule has 0 aliphatic carbocycles. The predicted molar refractivity (Wildman–Crippen MR) is 39.3 cm³/mol. The van der Waals surface area contributed by atoms with Gasteiger partial charge in [0.25, 0.3) is 0 Å². The molecular weight excluding hydrogens is 130 g/mol. The van der Waals surface area contributed by atoms with Crippen molar-refractivity contribution in [1.82, 2.24) is 5.06 Å². The molecule has 3 nitrogen and oxygen atoms in total. The highest BCUT2D eigenvalue weighted by Crippen LogP contribution is 1.92. The maximum atomic E-state index is 9.90. The number of carbonyl (C=O) groups excluding carboxylic acids is 1. The Morgan fingerprint density at radius 2 is 1.80 bits per heavy atom. The smallest absolute Gasteiger partial charge is 0.312 e. The quantitative estimate of drug-likeness (QED) is 0.415. The second-order valence-electron chi connectivity index (χ2n) is 2.13. The van der Waals surface area contributed by atoms with E-state index in [9.17, 15) is 4.79 Å². The molecule has 0 aromatic rings. The maximum Gasteiger partial charge on any atom is 0.312 e. The van der Waals surface area contributed by atoms with Gasteiger partial charge in [-0.1, -0.05) is 13.8 Å². The van der Waals surface area contributed by atoms with E-state index in [0.717, 1.165) is 25.9 Å². The second-order valence-corrected chi connectivity index (χ2v) is 2.13. The molecule has 0 heterocycles. The molecule has 0 rings (SSSR count). The molecule has 0 radical (unpaired) electrons. The topological polar surface area (TPSA) is 29.5 Å².